The van der Waals surface area contributed by atoms with Gasteiger partial charge in [0.2, 0.25) is 0 Å². The van der Waals surface area contributed by atoms with Crippen LogP contribution in [0, 0.1) is 0 Å². The van der Waals surface area contributed by atoms with Crippen LogP contribution in [-0.2, 0) is 11.3 Å². The predicted octanol–water partition coefficient (Wildman–Crippen LogP) is 2.31. The summed E-state index contributed by atoms with van der Waals surface area (Å²) in [6.45, 7) is 4.53. The molecule has 1 heterocycles. The number of aromatic nitrogens is 1. The highest BCUT2D eigenvalue weighted by molar-refractivity contribution is 5.96. The van der Waals surface area contributed by atoms with Crippen LogP contribution >= 0.6 is 0 Å². The minimum absolute atomic E-state index is 0.0860. The number of carbonyl (C=O) groups excluding carboxylic acids is 1. The largest absolute Gasteiger partial charge is 0.480 e. The Bertz CT molecular complexity index is 1220. The summed E-state index contributed by atoms with van der Waals surface area (Å²) in [7, 11) is 0. The van der Waals surface area contributed by atoms with Crippen molar-refractivity contribution in [3.05, 3.63) is 82.3 Å². The van der Waals surface area contributed by atoms with E-state index in [0.29, 0.717) is 6.42 Å². The molecule has 2 aromatic carbocycles. The normalized spacial score (nSPS) is 11.1. The van der Waals surface area contributed by atoms with Gasteiger partial charge in [-0.2, -0.15) is 0 Å². The number of benzene rings is 2. The lowest BCUT2D eigenvalue weighted by Gasteiger charge is -2.14. The molecule has 1 amide bonds. The molecule has 0 bridgehead atoms. The van der Waals surface area contributed by atoms with Gasteiger partial charge in [-0.05, 0) is 47.4 Å². The number of carbonyl (C=O) groups is 2. The molecule has 0 aliphatic heterocycles. The van der Waals surface area contributed by atoms with E-state index in [2.05, 4.69) is 10.3 Å². The zero-order chi connectivity index (χ0) is 25.1. The molecule has 0 spiro atoms. The third kappa shape index (κ3) is 7.19. The summed E-state index contributed by atoms with van der Waals surface area (Å²) in [5.41, 5.74) is 10.8. The van der Waals surface area contributed by atoms with Crippen molar-refractivity contribution in [3.8, 4) is 0 Å². The lowest BCUT2D eigenvalue weighted by atomic mass is 10.1. The number of aliphatic carboxylic acids is 1. The maximum absolute atomic E-state index is 12.9. The second kappa shape index (κ2) is 12.8. The van der Waals surface area contributed by atoms with Crippen molar-refractivity contribution >= 4 is 28.6 Å². The van der Waals surface area contributed by atoms with Gasteiger partial charge in [0.25, 0.3) is 11.5 Å². The Labute approximate surface area is 198 Å². The molecule has 3 aromatic rings. The fourth-order valence-corrected chi connectivity index (χ4v) is 3.36. The lowest BCUT2D eigenvalue weighted by molar-refractivity contribution is -0.139. The van der Waals surface area contributed by atoms with Crippen LogP contribution in [0.5, 0.6) is 0 Å². The number of amides is 1. The minimum atomic E-state index is -1.20. The van der Waals surface area contributed by atoms with Crippen LogP contribution in [0.25, 0.3) is 10.8 Å². The van der Waals surface area contributed by atoms with E-state index in [1.807, 2.05) is 56.3 Å². The summed E-state index contributed by atoms with van der Waals surface area (Å²) in [6, 6.07) is 15.6. The highest BCUT2D eigenvalue weighted by Gasteiger charge is 2.22. The topological polar surface area (TPSA) is 153 Å². The predicted molar refractivity (Wildman–Crippen MR) is 134 cm³/mol. The number of guanidine groups is 1. The summed E-state index contributed by atoms with van der Waals surface area (Å²) in [4.78, 5) is 40.8. The monoisotopic (exact) mass is 465 g/mol. The van der Waals surface area contributed by atoms with Gasteiger partial charge in [0.1, 0.15) is 11.6 Å². The number of rotatable bonds is 9. The third-order valence-electron chi connectivity index (χ3n) is 4.98. The molecule has 9 nitrogen and oxygen atoms in total. The number of pyridine rings is 1. The van der Waals surface area contributed by atoms with Crippen LogP contribution in [-0.4, -0.2) is 40.1 Å². The van der Waals surface area contributed by atoms with E-state index in [1.54, 1.807) is 12.3 Å². The number of nitrogens with zero attached hydrogens (tertiary/aromatic N) is 2. The molecule has 0 aliphatic rings. The summed E-state index contributed by atoms with van der Waals surface area (Å²) >= 11 is 0. The van der Waals surface area contributed by atoms with Crippen LogP contribution in [0.1, 0.15) is 42.6 Å². The van der Waals surface area contributed by atoms with Crippen LogP contribution in [0.4, 0.5) is 0 Å². The molecule has 180 valence electrons. The van der Waals surface area contributed by atoms with E-state index >= 15 is 0 Å². The fourth-order valence-electron chi connectivity index (χ4n) is 3.36. The fraction of sp³-hybridized carbons (Fsp3) is 0.280. The van der Waals surface area contributed by atoms with Gasteiger partial charge in [-0.15, -0.1) is 0 Å². The number of carboxylic acids is 1. The Morgan fingerprint density at radius 3 is 2.44 bits per heavy atom. The summed E-state index contributed by atoms with van der Waals surface area (Å²) in [6.07, 6.45) is 2.07. The van der Waals surface area contributed by atoms with Gasteiger partial charge >= 0.3 is 5.97 Å². The van der Waals surface area contributed by atoms with E-state index in [1.165, 1.54) is 10.6 Å². The van der Waals surface area contributed by atoms with Gasteiger partial charge in [0.15, 0.2) is 5.96 Å². The minimum Gasteiger partial charge on any atom is -0.480 e. The van der Waals surface area contributed by atoms with E-state index in [4.69, 9.17) is 11.5 Å². The molecule has 1 aromatic heterocycles. The Balaban J connectivity index is 0.00000199. The third-order valence-corrected chi connectivity index (χ3v) is 4.98. The standard InChI is InChI=1S/C23H25N5O4.C2H6/c24-23(25)26-11-3-8-19(22(31)32)27-20(29)18-7-4-12-28(21(18)30)14-15-9-10-16-5-1-2-6-17(16)13-15;1-2/h1-2,4-7,9-10,12-13,19H,3,8,11,14H2,(H,27,29)(H,31,32)(H4,24,25,26);1-2H3. The molecular weight excluding hydrogens is 434 g/mol. The van der Waals surface area contributed by atoms with E-state index in [0.717, 1.165) is 16.3 Å². The summed E-state index contributed by atoms with van der Waals surface area (Å²) < 4.78 is 1.42. The maximum Gasteiger partial charge on any atom is 0.326 e. The quantitative estimate of drug-likeness (QED) is 0.216. The van der Waals surface area contributed by atoms with Crippen LogP contribution < -0.4 is 22.3 Å². The van der Waals surface area contributed by atoms with Crippen molar-refractivity contribution in [2.45, 2.75) is 39.3 Å². The summed E-state index contributed by atoms with van der Waals surface area (Å²) in [5.74, 6) is -2.02. The smallest absolute Gasteiger partial charge is 0.326 e. The molecule has 1 atom stereocenters. The van der Waals surface area contributed by atoms with Gasteiger partial charge in [-0.1, -0.05) is 50.2 Å². The summed E-state index contributed by atoms with van der Waals surface area (Å²) in [5, 5.41) is 14.0. The van der Waals surface area contributed by atoms with Crippen LogP contribution in [0.2, 0.25) is 0 Å². The van der Waals surface area contributed by atoms with Gasteiger partial charge < -0.3 is 26.5 Å². The van der Waals surface area contributed by atoms with E-state index in [9.17, 15) is 19.5 Å². The van der Waals surface area contributed by atoms with Gasteiger partial charge in [-0.3, -0.25) is 14.6 Å². The number of nitrogens with two attached hydrogens (primary N) is 2. The van der Waals surface area contributed by atoms with E-state index < -0.39 is 23.5 Å². The van der Waals surface area contributed by atoms with Gasteiger partial charge in [0.05, 0.1) is 6.54 Å². The average molecular weight is 466 g/mol. The van der Waals surface area contributed by atoms with Crippen molar-refractivity contribution in [2.75, 3.05) is 6.54 Å². The van der Waals surface area contributed by atoms with Crippen molar-refractivity contribution < 1.29 is 14.7 Å². The van der Waals surface area contributed by atoms with Crippen molar-refractivity contribution in [1.29, 1.82) is 0 Å². The Hall–Kier alpha value is -4.14. The number of nitrogens with one attached hydrogen (secondary N) is 1. The first-order valence-corrected chi connectivity index (χ1v) is 11.1. The average Bonchev–Trinajstić information content (AvgIpc) is 2.83. The molecule has 34 heavy (non-hydrogen) atoms. The zero-order valence-corrected chi connectivity index (χ0v) is 19.4. The first-order valence-electron chi connectivity index (χ1n) is 11.1. The molecule has 0 radical (unpaired) electrons. The molecule has 1 unspecified atom stereocenters. The first-order chi connectivity index (χ1) is 16.3. The molecular formula is C25H31N5O4. The highest BCUT2D eigenvalue weighted by atomic mass is 16.4. The molecule has 9 heteroatoms. The molecule has 0 saturated heterocycles. The lowest BCUT2D eigenvalue weighted by Crippen LogP contribution is -2.43. The maximum atomic E-state index is 12.9. The van der Waals surface area contributed by atoms with Crippen molar-refractivity contribution in [2.24, 2.45) is 16.5 Å². The number of fused-ring (bicyclic) bond motifs is 1. The molecule has 0 aliphatic carbocycles. The second-order valence-corrected chi connectivity index (χ2v) is 7.35. The Kier molecular flexibility index (Phi) is 9.82. The highest BCUT2D eigenvalue weighted by Crippen LogP contribution is 2.16. The van der Waals surface area contributed by atoms with Crippen molar-refractivity contribution in [3.63, 3.8) is 0 Å². The molecule has 6 N–H and O–H groups in total. The Morgan fingerprint density at radius 1 is 1.06 bits per heavy atom. The van der Waals surface area contributed by atoms with Crippen LogP contribution in [0.3, 0.4) is 0 Å². The second-order valence-electron chi connectivity index (χ2n) is 7.35. The SMILES string of the molecule is CC.NC(N)=NCCCC(NC(=O)c1cccn(Cc2ccc3ccccc3c2)c1=O)C(=O)O. The molecule has 0 fully saturated rings. The number of aliphatic imine (C=N–C) groups is 1. The first kappa shape index (κ1) is 26.1. The Morgan fingerprint density at radius 2 is 1.76 bits per heavy atom. The van der Waals surface area contributed by atoms with Crippen molar-refractivity contribution in [1.82, 2.24) is 9.88 Å². The number of hydrogen-bond acceptors (Lipinski definition) is 4. The number of carboxylic acid groups (broad SMARTS) is 1. The zero-order valence-electron chi connectivity index (χ0n) is 19.4. The van der Waals surface area contributed by atoms with Crippen LogP contribution in [0.15, 0.2) is 70.6 Å². The van der Waals surface area contributed by atoms with E-state index in [-0.39, 0.29) is 31.0 Å². The molecule has 0 saturated carbocycles. The van der Waals surface area contributed by atoms with Gasteiger partial charge in [0, 0.05) is 12.7 Å². The molecule has 3 rings (SSSR count). The number of hydrogen-bond donors (Lipinski definition) is 4. The van der Waals surface area contributed by atoms with Gasteiger partial charge in [-0.25, -0.2) is 4.79 Å².